The summed E-state index contributed by atoms with van der Waals surface area (Å²) in [4.78, 5) is 13.9. The molecule has 0 aromatic carbocycles. The monoisotopic (exact) mass is 253 g/mol. The summed E-state index contributed by atoms with van der Waals surface area (Å²) in [5.74, 6) is 0.900. The van der Waals surface area contributed by atoms with E-state index in [4.69, 9.17) is 14.2 Å². The quantitative estimate of drug-likeness (QED) is 0.605. The Kier molecular flexibility index (Phi) is 1.96. The Morgan fingerprint density at radius 2 is 1.56 bits per heavy atom. The van der Waals surface area contributed by atoms with Gasteiger partial charge in [0.05, 0.1) is 12.2 Å². The first kappa shape index (κ1) is 11.1. The van der Waals surface area contributed by atoms with Crippen LogP contribution in [-0.4, -0.2) is 54.1 Å². The van der Waals surface area contributed by atoms with Crippen molar-refractivity contribution < 1.29 is 19.0 Å². The highest BCUT2D eigenvalue weighted by atomic mass is 16.7. The maximum atomic E-state index is 12.1. The van der Waals surface area contributed by atoms with Gasteiger partial charge in [-0.05, 0) is 20.8 Å². The maximum absolute atomic E-state index is 12.1. The number of hydrogen-bond acceptors (Lipinski definition) is 4. The summed E-state index contributed by atoms with van der Waals surface area (Å²) in [7, 11) is 0. The van der Waals surface area contributed by atoms with E-state index in [1.807, 2.05) is 25.7 Å². The predicted octanol–water partition coefficient (Wildman–Crippen LogP) is 1.02. The lowest BCUT2D eigenvalue weighted by Crippen LogP contribution is -2.37. The molecule has 100 valence electrons. The van der Waals surface area contributed by atoms with E-state index >= 15 is 0 Å². The summed E-state index contributed by atoms with van der Waals surface area (Å²) in [6.45, 7) is 7.22. The molecule has 0 aromatic heterocycles. The molecule has 4 fully saturated rings. The fourth-order valence-electron chi connectivity index (χ4n) is 3.72. The molecule has 6 atom stereocenters. The maximum Gasteiger partial charge on any atom is 0.410 e. The zero-order chi connectivity index (χ0) is 12.7. The van der Waals surface area contributed by atoms with Crippen molar-refractivity contribution in [3.63, 3.8) is 0 Å². The molecule has 0 saturated carbocycles. The van der Waals surface area contributed by atoms with E-state index in [9.17, 15) is 4.79 Å². The number of amides is 1. The van der Waals surface area contributed by atoms with E-state index < -0.39 is 5.60 Å². The van der Waals surface area contributed by atoms with Crippen LogP contribution >= 0.6 is 0 Å². The molecule has 1 amide bonds. The van der Waals surface area contributed by atoms with Gasteiger partial charge in [0.2, 0.25) is 0 Å². The number of ether oxygens (including phenoxy) is 3. The topological polar surface area (TPSA) is 51.3 Å². The second kappa shape index (κ2) is 3.20. The van der Waals surface area contributed by atoms with Gasteiger partial charge in [-0.25, -0.2) is 4.79 Å². The second-order valence-corrected chi connectivity index (χ2v) is 6.84. The lowest BCUT2D eigenvalue weighted by molar-refractivity contribution is -0.00958. The fourth-order valence-corrected chi connectivity index (χ4v) is 3.72. The van der Waals surface area contributed by atoms with Gasteiger partial charge in [-0.2, -0.15) is 0 Å². The van der Waals surface area contributed by atoms with E-state index in [0.717, 1.165) is 13.1 Å². The zero-order valence-electron chi connectivity index (χ0n) is 11.0. The predicted molar refractivity (Wildman–Crippen MR) is 62.1 cm³/mol. The number of rotatable bonds is 0. The normalized spacial score (nSPS) is 48.1. The first-order valence-electron chi connectivity index (χ1n) is 6.73. The first-order valence-corrected chi connectivity index (χ1v) is 6.73. The third-order valence-electron chi connectivity index (χ3n) is 4.43. The minimum absolute atomic E-state index is 0.189. The van der Waals surface area contributed by atoms with Gasteiger partial charge in [0, 0.05) is 24.9 Å². The lowest BCUT2D eigenvalue weighted by atomic mass is 9.82. The molecule has 0 aliphatic carbocycles. The fraction of sp³-hybridized carbons (Fsp3) is 0.923. The molecule has 5 heteroatoms. The van der Waals surface area contributed by atoms with Gasteiger partial charge < -0.3 is 19.1 Å². The highest BCUT2D eigenvalue weighted by Crippen LogP contribution is 2.56. The molecule has 4 aliphatic rings. The number of fused-ring (bicyclic) bond motifs is 8. The van der Waals surface area contributed by atoms with Crippen LogP contribution in [0.3, 0.4) is 0 Å². The summed E-state index contributed by atoms with van der Waals surface area (Å²) in [5, 5.41) is 0. The van der Waals surface area contributed by atoms with Gasteiger partial charge in [-0.15, -0.1) is 0 Å². The first-order chi connectivity index (χ1) is 8.44. The molecule has 0 N–H and O–H groups in total. The van der Waals surface area contributed by atoms with E-state index in [-0.39, 0.29) is 18.3 Å². The molecule has 4 heterocycles. The van der Waals surface area contributed by atoms with E-state index in [2.05, 4.69) is 0 Å². The van der Waals surface area contributed by atoms with Gasteiger partial charge in [-0.3, -0.25) is 0 Å². The third-order valence-corrected chi connectivity index (χ3v) is 4.43. The Labute approximate surface area is 106 Å². The number of carbonyl (C=O) groups excluding carboxylic acids is 1. The van der Waals surface area contributed by atoms with Crippen LogP contribution in [0.4, 0.5) is 4.79 Å². The van der Waals surface area contributed by atoms with E-state index in [0.29, 0.717) is 24.0 Å². The summed E-state index contributed by atoms with van der Waals surface area (Å²) >= 11 is 0. The van der Waals surface area contributed by atoms with E-state index in [1.165, 1.54) is 0 Å². The molecular weight excluding hydrogens is 234 g/mol. The van der Waals surface area contributed by atoms with Crippen molar-refractivity contribution in [2.75, 3.05) is 13.1 Å². The standard InChI is InChI=1S/C13H19NO4/c1-13(2,3)18-12(15)14-4-6-7(5-14)9-11-10(17-11)8(6)16-9/h6-11H,4-5H2,1-3H3. The van der Waals surface area contributed by atoms with E-state index in [1.54, 1.807) is 0 Å². The average molecular weight is 253 g/mol. The SMILES string of the molecule is CC(C)(C)OC(=O)N1CC2C(C1)C1OC2C2OC12. The molecule has 0 aromatic rings. The van der Waals surface area contributed by atoms with Crippen molar-refractivity contribution >= 4 is 6.09 Å². The highest BCUT2D eigenvalue weighted by molar-refractivity contribution is 5.68. The molecule has 0 radical (unpaired) electrons. The van der Waals surface area contributed by atoms with Crippen LogP contribution in [0, 0.1) is 11.8 Å². The van der Waals surface area contributed by atoms with Crippen molar-refractivity contribution in [3.8, 4) is 0 Å². The highest BCUT2D eigenvalue weighted by Gasteiger charge is 2.70. The van der Waals surface area contributed by atoms with Crippen LogP contribution in [0.1, 0.15) is 20.8 Å². The van der Waals surface area contributed by atoms with Crippen LogP contribution < -0.4 is 0 Å². The molecule has 6 unspecified atom stereocenters. The van der Waals surface area contributed by atoms with Crippen molar-refractivity contribution in [2.24, 2.45) is 11.8 Å². The van der Waals surface area contributed by atoms with Crippen LogP contribution in [-0.2, 0) is 14.2 Å². The number of epoxide rings is 1. The van der Waals surface area contributed by atoms with Crippen LogP contribution in [0.25, 0.3) is 0 Å². The van der Waals surface area contributed by atoms with Crippen molar-refractivity contribution in [2.45, 2.75) is 50.8 Å². The molecule has 18 heavy (non-hydrogen) atoms. The van der Waals surface area contributed by atoms with Gasteiger partial charge in [0.1, 0.15) is 17.8 Å². The Bertz CT molecular complexity index is 382. The van der Waals surface area contributed by atoms with Crippen molar-refractivity contribution in [1.82, 2.24) is 4.90 Å². The smallest absolute Gasteiger partial charge is 0.410 e. The number of nitrogens with zero attached hydrogens (tertiary/aromatic N) is 1. The van der Waals surface area contributed by atoms with Gasteiger partial charge in [-0.1, -0.05) is 0 Å². The Morgan fingerprint density at radius 3 is 2.06 bits per heavy atom. The van der Waals surface area contributed by atoms with Crippen molar-refractivity contribution in [1.29, 1.82) is 0 Å². The number of hydrogen-bond donors (Lipinski definition) is 0. The molecule has 2 bridgehead atoms. The zero-order valence-corrected chi connectivity index (χ0v) is 11.0. The number of likely N-dealkylation sites (tertiary alicyclic amines) is 1. The van der Waals surface area contributed by atoms with Gasteiger partial charge in [0.15, 0.2) is 0 Å². The van der Waals surface area contributed by atoms with Gasteiger partial charge in [0.25, 0.3) is 0 Å². The van der Waals surface area contributed by atoms with Crippen LogP contribution in [0.5, 0.6) is 0 Å². The summed E-state index contributed by atoms with van der Waals surface area (Å²) in [6, 6.07) is 0. The average Bonchev–Trinajstić information content (AvgIpc) is 2.68. The molecular formula is C13H19NO4. The largest absolute Gasteiger partial charge is 0.444 e. The van der Waals surface area contributed by atoms with Crippen molar-refractivity contribution in [3.05, 3.63) is 0 Å². The second-order valence-electron chi connectivity index (χ2n) is 6.84. The number of carbonyl (C=O) groups is 1. The molecule has 0 spiro atoms. The summed E-state index contributed by atoms with van der Waals surface area (Å²) < 4.78 is 17.0. The molecule has 4 aliphatic heterocycles. The molecule has 4 saturated heterocycles. The molecule has 4 rings (SSSR count). The van der Waals surface area contributed by atoms with Crippen LogP contribution in [0.2, 0.25) is 0 Å². The minimum Gasteiger partial charge on any atom is -0.444 e. The van der Waals surface area contributed by atoms with Gasteiger partial charge >= 0.3 is 6.09 Å². The summed E-state index contributed by atoms with van der Waals surface area (Å²) in [5.41, 5.74) is -0.421. The Balaban J connectivity index is 1.45. The Hall–Kier alpha value is -0.810. The lowest BCUT2D eigenvalue weighted by Gasteiger charge is -2.25. The van der Waals surface area contributed by atoms with Crippen LogP contribution in [0.15, 0.2) is 0 Å². The minimum atomic E-state index is -0.421. The third kappa shape index (κ3) is 1.43. The summed E-state index contributed by atoms with van der Waals surface area (Å²) in [6.07, 6.45) is 0.880. The Morgan fingerprint density at radius 1 is 1.06 bits per heavy atom. The molecule has 5 nitrogen and oxygen atoms in total.